The van der Waals surface area contributed by atoms with Gasteiger partial charge in [0.05, 0.1) is 12.0 Å². The summed E-state index contributed by atoms with van der Waals surface area (Å²) in [5.74, 6) is 1.34. The van der Waals surface area contributed by atoms with Crippen LogP contribution < -0.4 is 10.2 Å². The lowest BCUT2D eigenvalue weighted by Crippen LogP contribution is -2.41. The molecule has 3 heterocycles. The minimum Gasteiger partial charge on any atom is -0.340 e. The maximum absolute atomic E-state index is 12.9. The third-order valence-corrected chi connectivity index (χ3v) is 5.40. The van der Waals surface area contributed by atoms with Crippen molar-refractivity contribution in [2.75, 3.05) is 23.3 Å². The van der Waals surface area contributed by atoms with Crippen LogP contribution in [0.25, 0.3) is 11.4 Å². The molecule has 148 valence electrons. The van der Waals surface area contributed by atoms with Crippen LogP contribution in [0.1, 0.15) is 31.7 Å². The molecule has 1 aliphatic heterocycles. The Balaban J connectivity index is 1.29. The highest BCUT2D eigenvalue weighted by molar-refractivity contribution is 5.93. The fourth-order valence-electron chi connectivity index (χ4n) is 3.76. The molecule has 1 amide bonds. The van der Waals surface area contributed by atoms with Gasteiger partial charge in [0.1, 0.15) is 0 Å². The maximum atomic E-state index is 12.9. The summed E-state index contributed by atoms with van der Waals surface area (Å²) in [7, 11) is 0. The van der Waals surface area contributed by atoms with Crippen molar-refractivity contribution in [2.24, 2.45) is 5.92 Å². The highest BCUT2D eigenvalue weighted by Crippen LogP contribution is 2.36. The summed E-state index contributed by atoms with van der Waals surface area (Å²) in [5.41, 5.74) is 1.66. The van der Waals surface area contributed by atoms with Crippen molar-refractivity contribution in [1.82, 2.24) is 30.2 Å². The third-order valence-electron chi connectivity index (χ3n) is 5.40. The highest BCUT2D eigenvalue weighted by Gasteiger charge is 2.29. The molecule has 1 N–H and O–H groups in total. The van der Waals surface area contributed by atoms with E-state index in [2.05, 4.69) is 35.7 Å². The standard InChI is InChI=1S/C20H22N8O/c29-19(15-5-2-11-27(13-15)20-21-9-3-10-22-20)23-16-6-1-4-14(12-16)18-24-25-26-28(18)17-7-8-17/h1,3-4,6,9-10,12,15,17H,2,5,7-8,11,13H2,(H,23,29). The van der Waals surface area contributed by atoms with Gasteiger partial charge in [-0.2, -0.15) is 0 Å². The summed E-state index contributed by atoms with van der Waals surface area (Å²) >= 11 is 0. The van der Waals surface area contributed by atoms with Gasteiger partial charge in [0.25, 0.3) is 0 Å². The van der Waals surface area contributed by atoms with Gasteiger partial charge >= 0.3 is 0 Å². The van der Waals surface area contributed by atoms with E-state index in [0.717, 1.165) is 49.3 Å². The predicted octanol–water partition coefficient (Wildman–Crippen LogP) is 2.32. The van der Waals surface area contributed by atoms with E-state index in [4.69, 9.17) is 0 Å². The van der Waals surface area contributed by atoms with Gasteiger partial charge in [-0.3, -0.25) is 4.79 Å². The topological polar surface area (TPSA) is 102 Å². The number of anilines is 2. The molecule has 2 fully saturated rings. The Labute approximate surface area is 168 Å². The first-order chi connectivity index (χ1) is 14.3. The molecule has 0 radical (unpaired) electrons. The Morgan fingerprint density at radius 1 is 1.10 bits per heavy atom. The monoisotopic (exact) mass is 390 g/mol. The number of carbonyl (C=O) groups is 1. The number of benzene rings is 1. The van der Waals surface area contributed by atoms with Gasteiger partial charge in [-0.05, 0) is 54.3 Å². The fourth-order valence-corrected chi connectivity index (χ4v) is 3.76. The van der Waals surface area contributed by atoms with Gasteiger partial charge in [-0.15, -0.1) is 5.10 Å². The molecule has 2 aliphatic rings. The normalized spacial score (nSPS) is 19.2. The second-order valence-corrected chi connectivity index (χ2v) is 7.58. The lowest BCUT2D eigenvalue weighted by molar-refractivity contribution is -0.120. The lowest BCUT2D eigenvalue weighted by atomic mass is 9.97. The maximum Gasteiger partial charge on any atom is 0.229 e. The molecule has 1 aliphatic carbocycles. The number of tetrazole rings is 1. The van der Waals surface area contributed by atoms with E-state index in [9.17, 15) is 4.79 Å². The molecule has 5 rings (SSSR count). The molecule has 2 aromatic heterocycles. The summed E-state index contributed by atoms with van der Waals surface area (Å²) < 4.78 is 1.87. The number of hydrogen-bond acceptors (Lipinski definition) is 7. The minimum absolute atomic E-state index is 0.0181. The van der Waals surface area contributed by atoms with Gasteiger partial charge in [0.15, 0.2) is 5.82 Å². The molecule has 1 saturated carbocycles. The summed E-state index contributed by atoms with van der Waals surface area (Å²) in [5, 5.41) is 15.2. The third kappa shape index (κ3) is 3.80. The number of carbonyl (C=O) groups excluding carboxylic acids is 1. The van der Waals surface area contributed by atoms with Crippen LogP contribution in [0.3, 0.4) is 0 Å². The molecule has 1 atom stereocenters. The van der Waals surface area contributed by atoms with Crippen LogP contribution in [-0.4, -0.2) is 49.2 Å². The van der Waals surface area contributed by atoms with Crippen molar-refractivity contribution in [3.8, 4) is 11.4 Å². The van der Waals surface area contributed by atoms with Gasteiger partial charge in [-0.25, -0.2) is 14.6 Å². The molecule has 29 heavy (non-hydrogen) atoms. The Bertz CT molecular complexity index is 1000. The van der Waals surface area contributed by atoms with Gasteiger partial charge < -0.3 is 10.2 Å². The largest absolute Gasteiger partial charge is 0.340 e. The molecule has 1 unspecified atom stereocenters. The van der Waals surface area contributed by atoms with E-state index in [1.807, 2.05) is 28.9 Å². The second-order valence-electron chi connectivity index (χ2n) is 7.58. The summed E-state index contributed by atoms with van der Waals surface area (Å²) in [4.78, 5) is 23.6. The molecular formula is C20H22N8O. The molecule has 3 aromatic rings. The zero-order valence-electron chi connectivity index (χ0n) is 16.0. The SMILES string of the molecule is O=C(Nc1cccc(-c2nnnn2C2CC2)c1)C1CCCN(c2ncccn2)C1. The van der Waals surface area contributed by atoms with Crippen LogP contribution in [0, 0.1) is 5.92 Å². The summed E-state index contributed by atoms with van der Waals surface area (Å²) in [6.07, 6.45) is 7.47. The first-order valence-corrected chi connectivity index (χ1v) is 9.99. The van der Waals surface area contributed by atoms with Gasteiger partial charge in [0, 0.05) is 36.7 Å². The minimum atomic E-state index is -0.104. The Hall–Kier alpha value is -3.36. The lowest BCUT2D eigenvalue weighted by Gasteiger charge is -2.31. The number of hydrogen-bond donors (Lipinski definition) is 1. The Morgan fingerprint density at radius 2 is 1.97 bits per heavy atom. The molecule has 0 spiro atoms. The van der Waals surface area contributed by atoms with Crippen molar-refractivity contribution in [1.29, 1.82) is 0 Å². The van der Waals surface area contributed by atoms with E-state index in [1.54, 1.807) is 18.5 Å². The summed E-state index contributed by atoms with van der Waals surface area (Å²) in [6.45, 7) is 1.49. The van der Waals surface area contributed by atoms with Crippen LogP contribution >= 0.6 is 0 Å². The fraction of sp³-hybridized carbons (Fsp3) is 0.400. The van der Waals surface area contributed by atoms with Crippen molar-refractivity contribution < 1.29 is 4.79 Å². The number of nitrogens with one attached hydrogen (secondary N) is 1. The number of rotatable bonds is 5. The molecule has 0 bridgehead atoms. The first-order valence-electron chi connectivity index (χ1n) is 9.99. The van der Waals surface area contributed by atoms with Gasteiger partial charge in [0.2, 0.25) is 11.9 Å². The van der Waals surface area contributed by atoms with Crippen molar-refractivity contribution in [3.63, 3.8) is 0 Å². The van der Waals surface area contributed by atoms with Gasteiger partial charge in [-0.1, -0.05) is 12.1 Å². The van der Waals surface area contributed by atoms with Crippen LogP contribution in [-0.2, 0) is 4.79 Å². The quantitative estimate of drug-likeness (QED) is 0.713. The first kappa shape index (κ1) is 17.7. The smallest absolute Gasteiger partial charge is 0.229 e. The zero-order valence-corrected chi connectivity index (χ0v) is 16.0. The van der Waals surface area contributed by atoms with Crippen molar-refractivity contribution >= 4 is 17.5 Å². The van der Waals surface area contributed by atoms with Crippen LogP contribution in [0.15, 0.2) is 42.7 Å². The van der Waals surface area contributed by atoms with E-state index in [-0.39, 0.29) is 11.8 Å². The van der Waals surface area contributed by atoms with Crippen LogP contribution in [0.4, 0.5) is 11.6 Å². The average Bonchev–Trinajstić information content (AvgIpc) is 3.50. The summed E-state index contributed by atoms with van der Waals surface area (Å²) in [6, 6.07) is 9.91. The van der Waals surface area contributed by atoms with Crippen molar-refractivity contribution in [2.45, 2.75) is 31.7 Å². The van der Waals surface area contributed by atoms with E-state index >= 15 is 0 Å². The predicted molar refractivity (Wildman–Crippen MR) is 107 cm³/mol. The van der Waals surface area contributed by atoms with E-state index in [1.165, 1.54) is 0 Å². The molecule has 1 saturated heterocycles. The number of piperidine rings is 1. The van der Waals surface area contributed by atoms with Crippen LogP contribution in [0.2, 0.25) is 0 Å². The number of nitrogens with zero attached hydrogens (tertiary/aromatic N) is 7. The molecule has 1 aromatic carbocycles. The molecule has 9 nitrogen and oxygen atoms in total. The Morgan fingerprint density at radius 3 is 2.79 bits per heavy atom. The van der Waals surface area contributed by atoms with E-state index in [0.29, 0.717) is 18.5 Å². The van der Waals surface area contributed by atoms with E-state index < -0.39 is 0 Å². The number of amides is 1. The average molecular weight is 390 g/mol. The zero-order chi connectivity index (χ0) is 19.6. The Kier molecular flexibility index (Phi) is 4.63. The molecular weight excluding hydrogens is 368 g/mol. The molecule has 9 heteroatoms. The van der Waals surface area contributed by atoms with Crippen LogP contribution in [0.5, 0.6) is 0 Å². The van der Waals surface area contributed by atoms with Crippen molar-refractivity contribution in [3.05, 3.63) is 42.7 Å². The number of aromatic nitrogens is 6. The highest BCUT2D eigenvalue weighted by atomic mass is 16.1. The second kappa shape index (κ2) is 7.57.